The van der Waals surface area contributed by atoms with Crippen LogP contribution in [0.5, 0.6) is 5.75 Å². The molecule has 1 aliphatic rings. The highest BCUT2D eigenvalue weighted by molar-refractivity contribution is 7.89. The quantitative estimate of drug-likeness (QED) is 0.483. The van der Waals surface area contributed by atoms with Gasteiger partial charge in [-0.05, 0) is 45.9 Å². The highest BCUT2D eigenvalue weighted by Crippen LogP contribution is 2.32. The summed E-state index contributed by atoms with van der Waals surface area (Å²) in [5.41, 5.74) is 1.81. The molecule has 0 radical (unpaired) electrons. The molecule has 1 saturated heterocycles. The molecule has 0 unspecified atom stereocenters. The van der Waals surface area contributed by atoms with Crippen LogP contribution in [-0.2, 0) is 16.6 Å². The fraction of sp³-hybridized carbons (Fsp3) is 0.478. The van der Waals surface area contributed by atoms with Crippen LogP contribution >= 0.6 is 0 Å². The average molecular weight is 477 g/mol. The van der Waals surface area contributed by atoms with Gasteiger partial charge in [-0.25, -0.2) is 13.1 Å². The molecule has 0 saturated carbocycles. The molecule has 1 fully saturated rings. The first-order chi connectivity index (χ1) is 15.4. The zero-order chi connectivity index (χ0) is 24.4. The van der Waals surface area contributed by atoms with Crippen molar-refractivity contribution < 1.29 is 18.1 Å². The SMILES string of the molecule is COc1ccc(C)cc1CN1CCN(c2ccc(S(=O)(=O)NC(C)(C)C)cc2[N+](=O)[O-])CC1. The van der Waals surface area contributed by atoms with E-state index in [2.05, 4.69) is 15.7 Å². The zero-order valence-corrected chi connectivity index (χ0v) is 20.6. The molecule has 0 spiro atoms. The third kappa shape index (κ3) is 6.21. The fourth-order valence-electron chi connectivity index (χ4n) is 3.96. The van der Waals surface area contributed by atoms with E-state index in [4.69, 9.17) is 4.74 Å². The molecule has 33 heavy (non-hydrogen) atoms. The van der Waals surface area contributed by atoms with Crippen molar-refractivity contribution >= 4 is 21.4 Å². The number of anilines is 1. The van der Waals surface area contributed by atoms with Crippen LogP contribution in [0.2, 0.25) is 0 Å². The Morgan fingerprint density at radius 1 is 1.09 bits per heavy atom. The molecule has 10 heteroatoms. The van der Waals surface area contributed by atoms with Crippen LogP contribution < -0.4 is 14.4 Å². The molecule has 2 aromatic rings. The summed E-state index contributed by atoms with van der Waals surface area (Å²) in [5.74, 6) is 0.847. The molecule has 2 aromatic carbocycles. The van der Waals surface area contributed by atoms with E-state index in [9.17, 15) is 18.5 Å². The predicted molar refractivity (Wildman–Crippen MR) is 128 cm³/mol. The summed E-state index contributed by atoms with van der Waals surface area (Å²) in [6.45, 7) is 10.6. The van der Waals surface area contributed by atoms with Crippen molar-refractivity contribution in [1.29, 1.82) is 0 Å². The van der Waals surface area contributed by atoms with Gasteiger partial charge >= 0.3 is 0 Å². The number of sulfonamides is 1. The van der Waals surface area contributed by atoms with E-state index in [1.807, 2.05) is 24.0 Å². The maximum Gasteiger partial charge on any atom is 0.293 e. The van der Waals surface area contributed by atoms with Gasteiger partial charge in [-0.15, -0.1) is 0 Å². The number of nitrogens with zero attached hydrogens (tertiary/aromatic N) is 3. The lowest BCUT2D eigenvalue weighted by molar-refractivity contribution is -0.384. The highest BCUT2D eigenvalue weighted by atomic mass is 32.2. The topological polar surface area (TPSA) is 105 Å². The number of benzene rings is 2. The number of hydrogen-bond donors (Lipinski definition) is 1. The molecule has 3 rings (SSSR count). The molecule has 0 aliphatic carbocycles. The molecular weight excluding hydrogens is 444 g/mol. The van der Waals surface area contributed by atoms with Crippen LogP contribution in [0.4, 0.5) is 11.4 Å². The summed E-state index contributed by atoms with van der Waals surface area (Å²) in [6, 6.07) is 10.2. The van der Waals surface area contributed by atoms with Gasteiger partial charge in [-0.2, -0.15) is 0 Å². The van der Waals surface area contributed by atoms with Gasteiger partial charge in [0, 0.05) is 49.9 Å². The van der Waals surface area contributed by atoms with Crippen molar-refractivity contribution in [3.63, 3.8) is 0 Å². The third-order valence-corrected chi connectivity index (χ3v) is 7.19. The lowest BCUT2D eigenvalue weighted by Gasteiger charge is -2.36. The van der Waals surface area contributed by atoms with Crippen molar-refractivity contribution in [2.24, 2.45) is 0 Å². The van der Waals surface area contributed by atoms with Crippen molar-refractivity contribution in [2.45, 2.75) is 44.7 Å². The predicted octanol–water partition coefficient (Wildman–Crippen LogP) is 3.31. The molecular formula is C23H32N4O5S. The number of nitro groups is 1. The summed E-state index contributed by atoms with van der Waals surface area (Å²) in [6.07, 6.45) is 0. The van der Waals surface area contributed by atoms with Gasteiger partial charge in [0.2, 0.25) is 10.0 Å². The summed E-state index contributed by atoms with van der Waals surface area (Å²) >= 11 is 0. The highest BCUT2D eigenvalue weighted by Gasteiger charge is 2.28. The Kier molecular flexibility index (Phi) is 7.30. The summed E-state index contributed by atoms with van der Waals surface area (Å²) in [7, 11) is -2.21. The van der Waals surface area contributed by atoms with E-state index in [1.54, 1.807) is 27.9 Å². The van der Waals surface area contributed by atoms with E-state index >= 15 is 0 Å². The molecule has 0 amide bonds. The smallest absolute Gasteiger partial charge is 0.293 e. The van der Waals surface area contributed by atoms with E-state index < -0.39 is 20.5 Å². The lowest BCUT2D eigenvalue weighted by atomic mass is 10.1. The second kappa shape index (κ2) is 9.66. The average Bonchev–Trinajstić information content (AvgIpc) is 2.72. The number of nitro benzene ring substituents is 1. The minimum absolute atomic E-state index is 0.113. The van der Waals surface area contributed by atoms with Gasteiger partial charge in [0.1, 0.15) is 11.4 Å². The van der Waals surface area contributed by atoms with Crippen molar-refractivity contribution in [2.75, 3.05) is 38.2 Å². The number of piperazine rings is 1. The van der Waals surface area contributed by atoms with Crippen LogP contribution in [0, 0.1) is 17.0 Å². The molecule has 0 aromatic heterocycles. The van der Waals surface area contributed by atoms with Gasteiger partial charge in [0.05, 0.1) is 16.9 Å². The Bertz CT molecular complexity index is 1120. The normalized spacial score (nSPS) is 15.5. The van der Waals surface area contributed by atoms with Crippen LogP contribution in [0.15, 0.2) is 41.3 Å². The standard InChI is InChI=1S/C23H32N4O5S/c1-17-6-9-22(32-5)18(14-17)16-25-10-12-26(13-11-25)20-8-7-19(15-21(20)27(28)29)33(30,31)24-23(2,3)4/h6-9,14-15,24H,10-13,16H2,1-5H3. The number of hydrogen-bond acceptors (Lipinski definition) is 7. The Morgan fingerprint density at radius 2 is 1.76 bits per heavy atom. The molecule has 1 heterocycles. The maximum absolute atomic E-state index is 12.6. The van der Waals surface area contributed by atoms with E-state index in [0.717, 1.165) is 42.6 Å². The first-order valence-corrected chi connectivity index (χ1v) is 12.3. The van der Waals surface area contributed by atoms with Crippen LogP contribution in [0.1, 0.15) is 31.9 Å². The number of rotatable bonds is 7. The van der Waals surface area contributed by atoms with Gasteiger partial charge in [-0.3, -0.25) is 15.0 Å². The third-order valence-electron chi connectivity index (χ3n) is 5.44. The lowest BCUT2D eigenvalue weighted by Crippen LogP contribution is -2.46. The van der Waals surface area contributed by atoms with E-state index in [1.165, 1.54) is 12.1 Å². The van der Waals surface area contributed by atoms with E-state index in [-0.39, 0.29) is 10.6 Å². The van der Waals surface area contributed by atoms with Crippen molar-refractivity contribution in [3.05, 3.63) is 57.6 Å². The van der Waals surface area contributed by atoms with Crippen LogP contribution in [-0.4, -0.2) is 57.1 Å². The van der Waals surface area contributed by atoms with Crippen LogP contribution in [0.25, 0.3) is 0 Å². The van der Waals surface area contributed by atoms with Crippen LogP contribution in [0.3, 0.4) is 0 Å². The molecule has 1 N–H and O–H groups in total. The van der Waals surface area contributed by atoms with Gasteiger partial charge < -0.3 is 9.64 Å². The van der Waals surface area contributed by atoms with Gasteiger partial charge in [0.15, 0.2) is 0 Å². The monoisotopic (exact) mass is 476 g/mol. The molecule has 1 aliphatic heterocycles. The van der Waals surface area contributed by atoms with Gasteiger partial charge in [-0.1, -0.05) is 17.7 Å². The molecule has 180 valence electrons. The zero-order valence-electron chi connectivity index (χ0n) is 19.8. The Morgan fingerprint density at radius 3 is 2.33 bits per heavy atom. The minimum atomic E-state index is -3.87. The number of methoxy groups -OCH3 is 1. The van der Waals surface area contributed by atoms with E-state index in [0.29, 0.717) is 18.8 Å². The van der Waals surface area contributed by atoms with Crippen molar-refractivity contribution in [3.8, 4) is 5.75 Å². The summed E-state index contributed by atoms with van der Waals surface area (Å²) in [4.78, 5) is 15.4. The number of ether oxygens (including phenoxy) is 1. The Balaban J connectivity index is 1.76. The Labute approximate surface area is 195 Å². The second-order valence-corrected chi connectivity index (χ2v) is 11.0. The summed E-state index contributed by atoms with van der Waals surface area (Å²) < 4.78 is 33.3. The van der Waals surface area contributed by atoms with Crippen molar-refractivity contribution in [1.82, 2.24) is 9.62 Å². The first kappa shape index (κ1) is 24.9. The molecule has 9 nitrogen and oxygen atoms in total. The number of nitrogens with one attached hydrogen (secondary N) is 1. The second-order valence-electron chi connectivity index (χ2n) is 9.34. The van der Waals surface area contributed by atoms with Gasteiger partial charge in [0.25, 0.3) is 5.69 Å². The fourth-order valence-corrected chi connectivity index (χ4v) is 5.40. The minimum Gasteiger partial charge on any atom is -0.496 e. The molecule has 0 atom stereocenters. The largest absolute Gasteiger partial charge is 0.496 e. The number of aryl methyl sites for hydroxylation is 1. The summed E-state index contributed by atoms with van der Waals surface area (Å²) in [5, 5.41) is 11.8. The Hall–Kier alpha value is -2.69. The first-order valence-electron chi connectivity index (χ1n) is 10.8. The molecule has 0 bridgehead atoms. The maximum atomic E-state index is 12.6.